The number of hydrogen-bond acceptors (Lipinski definition) is 7. The van der Waals surface area contributed by atoms with Gasteiger partial charge in [0.05, 0.1) is 12.6 Å². The second-order valence-corrected chi connectivity index (χ2v) is 13.2. The second kappa shape index (κ2) is 19.9. The van der Waals surface area contributed by atoms with Gasteiger partial charge in [-0.1, -0.05) is 76.8 Å². The minimum atomic E-state index is -1.37. The van der Waals surface area contributed by atoms with E-state index in [2.05, 4.69) is 26.6 Å². The van der Waals surface area contributed by atoms with Crippen molar-refractivity contribution in [2.45, 2.75) is 96.3 Å². The highest BCUT2D eigenvalue weighted by atomic mass is 19.1. The number of benzene rings is 2. The van der Waals surface area contributed by atoms with E-state index < -0.39 is 77.8 Å². The van der Waals surface area contributed by atoms with E-state index in [-0.39, 0.29) is 30.2 Å². The molecule has 1 unspecified atom stereocenters. The highest BCUT2D eigenvalue weighted by molar-refractivity contribution is 6.38. The molecule has 14 heteroatoms. The summed E-state index contributed by atoms with van der Waals surface area (Å²) in [6.07, 6.45) is 4.78. The lowest BCUT2D eigenvalue weighted by Gasteiger charge is -2.32. The highest BCUT2D eigenvalue weighted by Crippen LogP contribution is 2.27. The summed E-state index contributed by atoms with van der Waals surface area (Å²) in [5.41, 5.74) is 0.492. The molecule has 1 aliphatic rings. The zero-order valence-electron chi connectivity index (χ0n) is 29.2. The van der Waals surface area contributed by atoms with E-state index in [9.17, 15) is 43.1 Å². The summed E-state index contributed by atoms with van der Waals surface area (Å²) in [6, 6.07) is 8.16. The van der Waals surface area contributed by atoms with Gasteiger partial charge in [0.15, 0.2) is 6.04 Å². The van der Waals surface area contributed by atoms with Gasteiger partial charge in [-0.05, 0) is 67.3 Å². The fraction of sp³-hybridized carbons (Fsp3) is 0.486. The number of aliphatic carboxylic acids is 1. The summed E-state index contributed by atoms with van der Waals surface area (Å²) >= 11 is 0. The van der Waals surface area contributed by atoms with Gasteiger partial charge < -0.3 is 31.7 Å². The Morgan fingerprint density at radius 2 is 1.43 bits per heavy atom. The van der Waals surface area contributed by atoms with Gasteiger partial charge >= 0.3 is 5.97 Å². The van der Waals surface area contributed by atoms with E-state index >= 15 is 0 Å². The number of halogens is 1. The number of ketones is 1. The number of nitrogens with one attached hydrogen (secondary N) is 5. The van der Waals surface area contributed by atoms with E-state index in [1.54, 1.807) is 25.1 Å². The maximum atomic E-state index is 13.8. The van der Waals surface area contributed by atoms with Crippen LogP contribution in [0.5, 0.6) is 0 Å². The third-order valence-electron chi connectivity index (χ3n) is 8.67. The molecule has 2 aromatic rings. The largest absolute Gasteiger partial charge is 0.479 e. The average molecular weight is 710 g/mol. The summed E-state index contributed by atoms with van der Waals surface area (Å²) < 4.78 is 13.5. The Balaban J connectivity index is 1.68. The Bertz CT molecular complexity index is 1530. The molecule has 0 bridgehead atoms. The quantitative estimate of drug-likeness (QED) is 0.127. The monoisotopic (exact) mass is 709 g/mol. The fourth-order valence-corrected chi connectivity index (χ4v) is 6.04. The Kier molecular flexibility index (Phi) is 15.7. The molecule has 0 heterocycles. The van der Waals surface area contributed by atoms with Gasteiger partial charge in [0.2, 0.25) is 23.5 Å². The zero-order valence-corrected chi connectivity index (χ0v) is 29.2. The first-order valence-corrected chi connectivity index (χ1v) is 17.4. The van der Waals surface area contributed by atoms with Gasteiger partial charge in [0.1, 0.15) is 17.9 Å². The van der Waals surface area contributed by atoms with Crippen LogP contribution in [0, 0.1) is 17.7 Å². The van der Waals surface area contributed by atoms with Crippen LogP contribution in [0.3, 0.4) is 0 Å². The number of Topliss-reactive ketones (excluding diaryl/α,β-unsaturated/α-hetero) is 1. The Morgan fingerprint density at radius 1 is 0.804 bits per heavy atom. The lowest BCUT2D eigenvalue weighted by atomic mass is 9.83. The van der Waals surface area contributed by atoms with Crippen LogP contribution >= 0.6 is 0 Å². The van der Waals surface area contributed by atoms with Crippen LogP contribution < -0.4 is 26.6 Å². The van der Waals surface area contributed by atoms with Gasteiger partial charge in [0, 0.05) is 5.56 Å². The van der Waals surface area contributed by atoms with Gasteiger partial charge in [-0.15, -0.1) is 0 Å². The van der Waals surface area contributed by atoms with Gasteiger partial charge in [-0.2, -0.15) is 0 Å². The Hall–Kier alpha value is -5.14. The van der Waals surface area contributed by atoms with Crippen molar-refractivity contribution in [1.82, 2.24) is 26.6 Å². The van der Waals surface area contributed by atoms with Gasteiger partial charge in [-0.3, -0.25) is 28.8 Å². The van der Waals surface area contributed by atoms with E-state index in [0.29, 0.717) is 24.8 Å². The molecule has 276 valence electrons. The first-order chi connectivity index (χ1) is 24.3. The summed E-state index contributed by atoms with van der Waals surface area (Å²) in [7, 11) is 0. The summed E-state index contributed by atoms with van der Waals surface area (Å²) in [5, 5.41) is 22.2. The Morgan fingerprint density at radius 3 is 2.02 bits per heavy atom. The molecule has 4 atom stereocenters. The average Bonchev–Trinajstić information content (AvgIpc) is 3.11. The first-order valence-electron chi connectivity index (χ1n) is 17.4. The molecule has 0 aliphatic heterocycles. The molecule has 5 amide bonds. The number of carbonyl (C=O) groups is 7. The fourth-order valence-electron chi connectivity index (χ4n) is 6.04. The number of carbonyl (C=O) groups excluding carboxylic acids is 6. The van der Waals surface area contributed by atoms with E-state index in [0.717, 1.165) is 31.4 Å². The predicted molar refractivity (Wildman–Crippen MR) is 185 cm³/mol. The number of carboxylic acids is 1. The zero-order chi connectivity index (χ0) is 37.5. The lowest BCUT2D eigenvalue weighted by Crippen LogP contribution is -2.58. The highest BCUT2D eigenvalue weighted by Gasteiger charge is 2.35. The van der Waals surface area contributed by atoms with Crippen molar-refractivity contribution in [2.75, 3.05) is 6.54 Å². The van der Waals surface area contributed by atoms with Crippen LogP contribution in [0.1, 0.15) is 94.1 Å². The van der Waals surface area contributed by atoms with Crippen LogP contribution in [0.4, 0.5) is 4.39 Å². The van der Waals surface area contributed by atoms with Crippen LogP contribution in [-0.4, -0.2) is 71.1 Å². The molecule has 0 aromatic heterocycles. The minimum absolute atomic E-state index is 0.0735. The summed E-state index contributed by atoms with van der Waals surface area (Å²) in [5.74, 6) is -6.94. The molecular formula is C37H48FN5O8. The SMILES string of the molecule is CCCC(NC(=O)[C@H](CC(C)C)NC(=O)[C@@H](NC(=O)c1ccc(F)cc1)C1CCCCC1)C(=O)C(=O)NCC(=O)N[C@H](C(=O)O)c1ccccc1. The molecule has 2 aromatic carbocycles. The Labute approximate surface area is 296 Å². The van der Waals surface area contributed by atoms with E-state index in [4.69, 9.17) is 0 Å². The summed E-state index contributed by atoms with van der Waals surface area (Å²) in [6.45, 7) is 4.76. The molecule has 6 N–H and O–H groups in total. The normalized spacial score (nSPS) is 15.4. The molecular weight excluding hydrogens is 661 g/mol. The van der Waals surface area contributed by atoms with Crippen molar-refractivity contribution in [3.05, 3.63) is 71.5 Å². The molecule has 13 nitrogen and oxygen atoms in total. The van der Waals surface area contributed by atoms with Crippen molar-refractivity contribution in [3.63, 3.8) is 0 Å². The van der Waals surface area contributed by atoms with Gasteiger partial charge in [0.25, 0.3) is 11.8 Å². The molecule has 0 spiro atoms. The van der Waals surface area contributed by atoms with Crippen molar-refractivity contribution in [3.8, 4) is 0 Å². The molecule has 3 rings (SSSR count). The van der Waals surface area contributed by atoms with Crippen molar-refractivity contribution >= 4 is 41.3 Å². The van der Waals surface area contributed by atoms with Crippen LogP contribution in [-0.2, 0) is 28.8 Å². The molecule has 0 saturated heterocycles. The number of amides is 5. The van der Waals surface area contributed by atoms with Crippen LogP contribution in [0.25, 0.3) is 0 Å². The molecule has 1 saturated carbocycles. The number of carboxylic acid groups (broad SMARTS) is 1. The van der Waals surface area contributed by atoms with Crippen molar-refractivity contribution in [2.24, 2.45) is 11.8 Å². The number of rotatable bonds is 18. The number of hydrogen-bond donors (Lipinski definition) is 6. The van der Waals surface area contributed by atoms with E-state index in [1.807, 2.05) is 13.8 Å². The van der Waals surface area contributed by atoms with Crippen LogP contribution in [0.2, 0.25) is 0 Å². The molecule has 0 radical (unpaired) electrons. The van der Waals surface area contributed by atoms with E-state index in [1.165, 1.54) is 24.3 Å². The maximum Gasteiger partial charge on any atom is 0.330 e. The summed E-state index contributed by atoms with van der Waals surface area (Å²) in [4.78, 5) is 90.8. The maximum absolute atomic E-state index is 13.8. The van der Waals surface area contributed by atoms with Crippen LogP contribution in [0.15, 0.2) is 54.6 Å². The molecule has 1 aliphatic carbocycles. The van der Waals surface area contributed by atoms with Crippen molar-refractivity contribution in [1.29, 1.82) is 0 Å². The van der Waals surface area contributed by atoms with Crippen molar-refractivity contribution < 1.29 is 43.1 Å². The minimum Gasteiger partial charge on any atom is -0.479 e. The third kappa shape index (κ3) is 12.6. The molecule has 1 fully saturated rings. The predicted octanol–water partition coefficient (Wildman–Crippen LogP) is 2.95. The topological polar surface area (TPSA) is 200 Å². The smallest absolute Gasteiger partial charge is 0.330 e. The third-order valence-corrected chi connectivity index (χ3v) is 8.67. The molecule has 51 heavy (non-hydrogen) atoms. The standard InChI is InChI=1S/C37H48FN5O8/c1-4-11-27(32(45)36(49)39-21-29(44)42-31(37(50)51)24-14-9-6-10-15-24)40-34(47)28(20-22(2)3)41-35(48)30(23-12-7-5-8-13-23)43-33(46)25-16-18-26(38)19-17-25/h6,9-10,14-19,22-23,27-28,30-31H,4-5,7-8,11-13,20-21H2,1-3H3,(H,39,49)(H,40,47)(H,41,48)(H,42,44)(H,43,46)(H,50,51)/t27?,28-,30-,31-/m0/s1. The first kappa shape index (κ1) is 40.3. The second-order valence-electron chi connectivity index (χ2n) is 13.2. The lowest BCUT2D eigenvalue weighted by molar-refractivity contribution is -0.142. The van der Waals surface area contributed by atoms with Gasteiger partial charge in [-0.25, -0.2) is 9.18 Å².